The lowest BCUT2D eigenvalue weighted by Crippen LogP contribution is -2.41. The SMILES string of the molecule is O=C(Nc1ccc2c(c1)OCC(=O)N2CCOc1ccccc1)c1ccccc1Cl. The van der Waals surface area contributed by atoms with Crippen molar-refractivity contribution in [3.8, 4) is 11.5 Å². The summed E-state index contributed by atoms with van der Waals surface area (Å²) in [6.45, 7) is 0.663. The van der Waals surface area contributed by atoms with Crippen molar-refractivity contribution in [3.63, 3.8) is 0 Å². The van der Waals surface area contributed by atoms with Gasteiger partial charge in [-0.05, 0) is 36.4 Å². The highest BCUT2D eigenvalue weighted by molar-refractivity contribution is 6.34. The molecule has 2 amide bonds. The van der Waals surface area contributed by atoms with Gasteiger partial charge in [-0.2, -0.15) is 0 Å². The van der Waals surface area contributed by atoms with Crippen LogP contribution in [0.4, 0.5) is 11.4 Å². The van der Waals surface area contributed by atoms with E-state index in [-0.39, 0.29) is 18.4 Å². The van der Waals surface area contributed by atoms with Crippen molar-refractivity contribution < 1.29 is 19.1 Å². The molecule has 0 unspecified atom stereocenters. The minimum atomic E-state index is -0.319. The van der Waals surface area contributed by atoms with Crippen LogP contribution in [0, 0.1) is 0 Å². The molecule has 0 saturated carbocycles. The van der Waals surface area contributed by atoms with E-state index in [1.165, 1.54) is 0 Å². The first kappa shape index (κ1) is 19.8. The summed E-state index contributed by atoms with van der Waals surface area (Å²) in [5.41, 5.74) is 1.57. The van der Waals surface area contributed by atoms with Crippen LogP contribution in [0.5, 0.6) is 11.5 Å². The predicted molar refractivity (Wildman–Crippen MR) is 116 cm³/mol. The van der Waals surface area contributed by atoms with E-state index in [1.807, 2.05) is 30.3 Å². The molecule has 0 bridgehead atoms. The van der Waals surface area contributed by atoms with E-state index in [1.54, 1.807) is 47.4 Å². The van der Waals surface area contributed by atoms with Crippen LogP contribution >= 0.6 is 11.6 Å². The highest BCUT2D eigenvalue weighted by Crippen LogP contribution is 2.34. The zero-order valence-corrected chi connectivity index (χ0v) is 16.8. The lowest BCUT2D eigenvalue weighted by atomic mass is 10.2. The lowest BCUT2D eigenvalue weighted by molar-refractivity contribution is -0.121. The molecule has 30 heavy (non-hydrogen) atoms. The first-order valence-corrected chi connectivity index (χ1v) is 9.80. The average molecular weight is 423 g/mol. The van der Waals surface area contributed by atoms with E-state index in [9.17, 15) is 9.59 Å². The van der Waals surface area contributed by atoms with Gasteiger partial charge in [0, 0.05) is 11.8 Å². The molecule has 6 nitrogen and oxygen atoms in total. The quantitative estimate of drug-likeness (QED) is 0.639. The molecule has 4 rings (SSSR count). The Morgan fingerprint density at radius 2 is 1.83 bits per heavy atom. The summed E-state index contributed by atoms with van der Waals surface area (Å²) in [5.74, 6) is 0.801. The summed E-state index contributed by atoms with van der Waals surface area (Å²) < 4.78 is 11.3. The Morgan fingerprint density at radius 3 is 2.63 bits per heavy atom. The summed E-state index contributed by atoms with van der Waals surface area (Å²) in [7, 11) is 0. The third-order valence-electron chi connectivity index (χ3n) is 4.61. The first-order chi connectivity index (χ1) is 14.6. The number of hydrogen-bond acceptors (Lipinski definition) is 4. The minimum Gasteiger partial charge on any atom is -0.492 e. The number of ether oxygens (including phenoxy) is 2. The van der Waals surface area contributed by atoms with E-state index >= 15 is 0 Å². The van der Waals surface area contributed by atoms with Gasteiger partial charge in [0.05, 0.1) is 22.8 Å². The number of nitrogens with one attached hydrogen (secondary N) is 1. The number of carbonyl (C=O) groups is 2. The zero-order valence-electron chi connectivity index (χ0n) is 16.0. The number of rotatable bonds is 6. The third-order valence-corrected chi connectivity index (χ3v) is 4.94. The summed E-state index contributed by atoms with van der Waals surface area (Å²) in [6.07, 6.45) is 0. The number of benzene rings is 3. The molecule has 7 heteroatoms. The van der Waals surface area contributed by atoms with Crippen molar-refractivity contribution in [2.75, 3.05) is 30.0 Å². The first-order valence-electron chi connectivity index (χ1n) is 9.43. The van der Waals surface area contributed by atoms with E-state index in [0.717, 1.165) is 5.75 Å². The Morgan fingerprint density at radius 1 is 1.07 bits per heavy atom. The molecule has 0 saturated heterocycles. The van der Waals surface area contributed by atoms with Crippen molar-refractivity contribution in [2.45, 2.75) is 0 Å². The fourth-order valence-electron chi connectivity index (χ4n) is 3.14. The fraction of sp³-hybridized carbons (Fsp3) is 0.130. The van der Waals surface area contributed by atoms with E-state index in [2.05, 4.69) is 5.32 Å². The van der Waals surface area contributed by atoms with Crippen molar-refractivity contribution in [1.82, 2.24) is 0 Å². The van der Waals surface area contributed by atoms with Crippen molar-refractivity contribution >= 4 is 34.8 Å². The maximum Gasteiger partial charge on any atom is 0.265 e. The number of para-hydroxylation sites is 1. The Bertz CT molecular complexity index is 1070. The maximum atomic E-state index is 12.5. The van der Waals surface area contributed by atoms with Crippen LogP contribution in [0.25, 0.3) is 0 Å². The Hall–Kier alpha value is -3.51. The second-order valence-electron chi connectivity index (χ2n) is 6.61. The molecule has 3 aromatic rings. The van der Waals surface area contributed by atoms with Gasteiger partial charge in [0.15, 0.2) is 6.61 Å². The smallest absolute Gasteiger partial charge is 0.265 e. The average Bonchev–Trinajstić information content (AvgIpc) is 2.76. The molecule has 0 fully saturated rings. The van der Waals surface area contributed by atoms with E-state index in [4.69, 9.17) is 21.1 Å². The molecule has 0 atom stereocenters. The molecule has 1 heterocycles. The molecular formula is C23H19ClN2O4. The number of halogens is 1. The highest BCUT2D eigenvalue weighted by Gasteiger charge is 2.26. The number of hydrogen-bond donors (Lipinski definition) is 1. The molecule has 0 spiro atoms. The molecular weight excluding hydrogens is 404 g/mol. The summed E-state index contributed by atoms with van der Waals surface area (Å²) >= 11 is 6.09. The van der Waals surface area contributed by atoms with Crippen molar-refractivity contribution in [3.05, 3.63) is 83.4 Å². The molecule has 1 aliphatic heterocycles. The van der Waals surface area contributed by atoms with Crippen LogP contribution in [0.3, 0.4) is 0 Å². The maximum absolute atomic E-state index is 12.5. The van der Waals surface area contributed by atoms with Crippen LogP contribution in [-0.2, 0) is 4.79 Å². The number of nitrogens with zero attached hydrogens (tertiary/aromatic N) is 1. The Kier molecular flexibility index (Phi) is 5.86. The molecule has 0 radical (unpaired) electrons. The Balaban J connectivity index is 1.46. The molecule has 0 aromatic heterocycles. The number of carbonyl (C=O) groups excluding carboxylic acids is 2. The topological polar surface area (TPSA) is 67.9 Å². The second kappa shape index (κ2) is 8.88. The fourth-order valence-corrected chi connectivity index (χ4v) is 3.36. The number of fused-ring (bicyclic) bond motifs is 1. The van der Waals surface area contributed by atoms with Gasteiger partial charge in [0.2, 0.25) is 0 Å². The van der Waals surface area contributed by atoms with Crippen LogP contribution in [0.1, 0.15) is 10.4 Å². The molecule has 1 N–H and O–H groups in total. The molecule has 3 aromatic carbocycles. The highest BCUT2D eigenvalue weighted by atomic mass is 35.5. The predicted octanol–water partition coefficient (Wildman–Crippen LogP) is 4.40. The van der Waals surface area contributed by atoms with Crippen LogP contribution in [0.2, 0.25) is 5.02 Å². The van der Waals surface area contributed by atoms with Crippen molar-refractivity contribution in [1.29, 1.82) is 0 Å². The number of anilines is 2. The van der Waals surface area contributed by atoms with Gasteiger partial charge in [0.1, 0.15) is 18.1 Å². The van der Waals surface area contributed by atoms with E-state index < -0.39 is 0 Å². The standard InChI is InChI=1S/C23H19ClN2O4/c24-19-9-5-4-8-18(19)23(28)25-16-10-11-20-21(14-16)30-15-22(27)26(20)12-13-29-17-6-2-1-3-7-17/h1-11,14H,12-13,15H2,(H,25,28). The summed E-state index contributed by atoms with van der Waals surface area (Å²) in [5, 5.41) is 3.18. The minimum absolute atomic E-state index is 0.0692. The van der Waals surface area contributed by atoms with Gasteiger partial charge >= 0.3 is 0 Å². The van der Waals surface area contributed by atoms with Gasteiger partial charge in [-0.1, -0.05) is 41.9 Å². The van der Waals surface area contributed by atoms with Gasteiger partial charge in [-0.15, -0.1) is 0 Å². The number of amides is 2. The second-order valence-corrected chi connectivity index (χ2v) is 7.02. The van der Waals surface area contributed by atoms with Crippen molar-refractivity contribution in [2.24, 2.45) is 0 Å². The zero-order chi connectivity index (χ0) is 20.9. The van der Waals surface area contributed by atoms with Crippen LogP contribution < -0.4 is 19.7 Å². The van der Waals surface area contributed by atoms with Gasteiger partial charge in [0.25, 0.3) is 11.8 Å². The monoisotopic (exact) mass is 422 g/mol. The normalized spacial score (nSPS) is 12.7. The summed E-state index contributed by atoms with van der Waals surface area (Å²) in [6, 6.07) is 21.4. The molecule has 152 valence electrons. The van der Waals surface area contributed by atoms with Crippen LogP contribution in [-0.4, -0.2) is 31.6 Å². The van der Waals surface area contributed by atoms with Gasteiger partial charge in [-0.25, -0.2) is 0 Å². The van der Waals surface area contributed by atoms with E-state index in [0.29, 0.717) is 40.9 Å². The molecule has 1 aliphatic rings. The largest absolute Gasteiger partial charge is 0.492 e. The molecule has 0 aliphatic carbocycles. The lowest BCUT2D eigenvalue weighted by Gasteiger charge is -2.29. The third kappa shape index (κ3) is 4.39. The summed E-state index contributed by atoms with van der Waals surface area (Å²) in [4.78, 5) is 26.4. The van der Waals surface area contributed by atoms with Crippen LogP contribution in [0.15, 0.2) is 72.8 Å². The van der Waals surface area contributed by atoms with Gasteiger partial charge in [-0.3, -0.25) is 9.59 Å². The van der Waals surface area contributed by atoms with Gasteiger partial charge < -0.3 is 19.7 Å². The Labute approximate surface area is 179 Å².